The number of hydrogen-bond acceptors (Lipinski definition) is 7. The molecule has 0 fully saturated rings. The molecule has 1 aromatic carbocycles. The molecule has 0 radical (unpaired) electrons. The molecule has 0 aliphatic carbocycles. The largest absolute Gasteiger partial charge is 0.495 e. The van der Waals surface area contributed by atoms with Gasteiger partial charge in [-0.3, -0.25) is 9.20 Å². The number of rotatable bonds is 4. The Balaban J connectivity index is 1.69. The molecule has 2 atom stereocenters. The van der Waals surface area contributed by atoms with Crippen LogP contribution in [0.2, 0.25) is 0 Å². The highest BCUT2D eigenvalue weighted by Gasteiger charge is 2.37. The first kappa shape index (κ1) is 20.2. The van der Waals surface area contributed by atoms with Crippen LogP contribution >= 0.6 is 0 Å². The smallest absolute Gasteiger partial charge is 0.156 e. The number of nitrogens with zero attached hydrogens (tertiary/aromatic N) is 3. The number of fused-ring (bicyclic) bond motifs is 1. The maximum atomic E-state index is 14.6. The van der Waals surface area contributed by atoms with Crippen LogP contribution in [0.25, 0.3) is 10.9 Å². The Labute approximate surface area is 176 Å². The minimum atomic E-state index is -1.26. The zero-order valence-corrected chi connectivity index (χ0v) is 17.7. The highest BCUT2D eigenvalue weighted by atomic mass is 32.2. The molecular formula is C21H22FN5O2S. The second-order valence-corrected chi connectivity index (χ2v) is 9.57. The zero-order valence-electron chi connectivity index (χ0n) is 16.8. The Bertz CT molecular complexity index is 1180. The van der Waals surface area contributed by atoms with Gasteiger partial charge in [0.15, 0.2) is 5.82 Å². The highest BCUT2D eigenvalue weighted by Crippen LogP contribution is 2.33. The standard InChI is InChI=1S/C21H22FN5O2S/c1-21(2)20(23)27-17(11-30(21)28)15-9-13(4-5-16(15)22)26-19-18-12(6-7-24-19)8-14(29-3)10-25-18/h4-10,17H,11H2,1-3H3,(H2,23,27)(H,24,26). The summed E-state index contributed by atoms with van der Waals surface area (Å²) in [6.45, 7) is 3.56. The first-order valence-electron chi connectivity index (χ1n) is 9.37. The van der Waals surface area contributed by atoms with E-state index < -0.39 is 27.4 Å². The summed E-state index contributed by atoms with van der Waals surface area (Å²) >= 11 is 0. The van der Waals surface area contributed by atoms with Gasteiger partial charge in [0.2, 0.25) is 0 Å². The fourth-order valence-corrected chi connectivity index (χ4v) is 4.49. The Kier molecular flexibility index (Phi) is 5.15. The summed E-state index contributed by atoms with van der Waals surface area (Å²) in [6.07, 6.45) is 3.27. The number of halogens is 1. The van der Waals surface area contributed by atoms with Crippen molar-refractivity contribution in [1.29, 1.82) is 0 Å². The van der Waals surface area contributed by atoms with Gasteiger partial charge in [0.05, 0.1) is 29.8 Å². The van der Waals surface area contributed by atoms with E-state index in [4.69, 9.17) is 10.5 Å². The van der Waals surface area contributed by atoms with Crippen molar-refractivity contribution in [2.24, 2.45) is 10.7 Å². The topological polar surface area (TPSA) is 102 Å². The van der Waals surface area contributed by atoms with Gasteiger partial charge in [-0.1, -0.05) is 0 Å². The van der Waals surface area contributed by atoms with Crippen LogP contribution in [0.3, 0.4) is 0 Å². The van der Waals surface area contributed by atoms with Crippen LogP contribution in [0.15, 0.2) is 47.7 Å². The fourth-order valence-electron chi connectivity index (χ4n) is 3.24. The third-order valence-corrected chi connectivity index (χ3v) is 7.18. The number of aromatic nitrogens is 2. The molecule has 0 saturated carbocycles. The van der Waals surface area contributed by atoms with Crippen LogP contribution in [0.4, 0.5) is 15.9 Å². The lowest BCUT2D eigenvalue weighted by Crippen LogP contribution is -2.47. The van der Waals surface area contributed by atoms with Crippen molar-refractivity contribution in [1.82, 2.24) is 9.97 Å². The summed E-state index contributed by atoms with van der Waals surface area (Å²) < 4.78 is 31.7. The number of ether oxygens (including phenoxy) is 1. The number of pyridine rings is 2. The molecular weight excluding hydrogens is 405 g/mol. The van der Waals surface area contributed by atoms with Crippen molar-refractivity contribution in [3.63, 3.8) is 0 Å². The molecule has 9 heteroatoms. The second-order valence-electron chi connectivity index (χ2n) is 7.52. The lowest BCUT2D eigenvalue weighted by molar-refractivity contribution is 0.414. The molecule has 3 aromatic rings. The average molecular weight is 428 g/mol. The summed E-state index contributed by atoms with van der Waals surface area (Å²) in [5.74, 6) is 1.23. The van der Waals surface area contributed by atoms with Crippen molar-refractivity contribution in [3.05, 3.63) is 54.1 Å². The predicted octanol–water partition coefficient (Wildman–Crippen LogP) is 3.46. The van der Waals surface area contributed by atoms with Crippen LogP contribution in [0, 0.1) is 5.82 Å². The van der Waals surface area contributed by atoms with Gasteiger partial charge in [-0.05, 0) is 44.2 Å². The minimum Gasteiger partial charge on any atom is -0.495 e. The number of anilines is 2. The molecule has 1 aliphatic rings. The van der Waals surface area contributed by atoms with Crippen molar-refractivity contribution < 1.29 is 13.3 Å². The Hall–Kier alpha value is -3.07. The molecule has 0 spiro atoms. The van der Waals surface area contributed by atoms with Crippen LogP contribution < -0.4 is 15.8 Å². The quantitative estimate of drug-likeness (QED) is 0.661. The maximum Gasteiger partial charge on any atom is 0.156 e. The van der Waals surface area contributed by atoms with E-state index in [1.54, 1.807) is 45.5 Å². The van der Waals surface area contributed by atoms with Gasteiger partial charge in [-0.25, -0.2) is 14.4 Å². The molecule has 1 aliphatic heterocycles. The van der Waals surface area contributed by atoms with Gasteiger partial charge in [0.1, 0.15) is 22.9 Å². The van der Waals surface area contributed by atoms with Gasteiger partial charge in [-0.15, -0.1) is 0 Å². The molecule has 2 aromatic heterocycles. The third-order valence-electron chi connectivity index (χ3n) is 5.22. The summed E-state index contributed by atoms with van der Waals surface area (Å²) in [5, 5.41) is 4.05. The zero-order chi connectivity index (χ0) is 21.5. The number of nitrogens with two attached hydrogens (primary N) is 1. The van der Waals surface area contributed by atoms with Gasteiger partial charge in [0, 0.05) is 33.6 Å². The molecule has 0 saturated heterocycles. The highest BCUT2D eigenvalue weighted by molar-refractivity contribution is 7.87. The Morgan fingerprint density at radius 1 is 1.27 bits per heavy atom. The van der Waals surface area contributed by atoms with E-state index in [-0.39, 0.29) is 11.6 Å². The Morgan fingerprint density at radius 2 is 2.07 bits per heavy atom. The van der Waals surface area contributed by atoms with E-state index in [1.165, 1.54) is 6.07 Å². The molecule has 3 heterocycles. The number of nitrogens with one attached hydrogen (secondary N) is 1. The van der Waals surface area contributed by atoms with E-state index in [2.05, 4.69) is 20.3 Å². The van der Waals surface area contributed by atoms with Crippen LogP contribution in [-0.4, -0.2) is 37.6 Å². The first-order chi connectivity index (χ1) is 14.3. The lowest BCUT2D eigenvalue weighted by Gasteiger charge is -2.31. The number of aliphatic imine (C=N–C) groups is 1. The summed E-state index contributed by atoms with van der Waals surface area (Å²) in [7, 11) is 0.318. The van der Waals surface area contributed by atoms with Crippen molar-refractivity contribution >= 4 is 39.0 Å². The first-order valence-corrected chi connectivity index (χ1v) is 10.7. The lowest BCUT2D eigenvalue weighted by atomic mass is 10.1. The van der Waals surface area contributed by atoms with E-state index in [1.807, 2.05) is 12.1 Å². The van der Waals surface area contributed by atoms with E-state index in [0.29, 0.717) is 28.3 Å². The van der Waals surface area contributed by atoms with Gasteiger partial charge >= 0.3 is 0 Å². The SMILES string of the molecule is COc1cnc2c(Nc3ccc(F)c(C4CS(=O)C(C)(C)C(N)=N4)c3)nccc2c1. The number of hydrogen-bond donors (Lipinski definition) is 2. The molecule has 7 nitrogen and oxygen atoms in total. The van der Waals surface area contributed by atoms with E-state index in [0.717, 1.165) is 5.39 Å². The maximum absolute atomic E-state index is 14.6. The summed E-state index contributed by atoms with van der Waals surface area (Å²) in [6, 6.07) is 7.71. The van der Waals surface area contributed by atoms with Crippen molar-refractivity contribution in [3.8, 4) is 5.75 Å². The monoisotopic (exact) mass is 427 g/mol. The third kappa shape index (κ3) is 3.60. The molecule has 4 rings (SSSR count). The fraction of sp³-hybridized carbons (Fsp3) is 0.286. The normalized spacial score (nSPS) is 20.6. The average Bonchev–Trinajstić information content (AvgIpc) is 2.73. The molecule has 2 unspecified atom stereocenters. The molecule has 156 valence electrons. The van der Waals surface area contributed by atoms with E-state index >= 15 is 0 Å². The van der Waals surface area contributed by atoms with Crippen molar-refractivity contribution in [2.45, 2.75) is 24.6 Å². The van der Waals surface area contributed by atoms with E-state index in [9.17, 15) is 8.60 Å². The van der Waals surface area contributed by atoms with Gasteiger partial charge < -0.3 is 15.8 Å². The number of methoxy groups -OCH3 is 1. The van der Waals surface area contributed by atoms with Crippen LogP contribution in [0.1, 0.15) is 25.5 Å². The second kappa shape index (κ2) is 7.64. The predicted molar refractivity (Wildman–Crippen MR) is 117 cm³/mol. The Morgan fingerprint density at radius 3 is 2.80 bits per heavy atom. The molecule has 30 heavy (non-hydrogen) atoms. The summed E-state index contributed by atoms with van der Waals surface area (Å²) in [4.78, 5) is 13.2. The minimum absolute atomic E-state index is 0.210. The molecule has 0 amide bonds. The van der Waals surface area contributed by atoms with Crippen LogP contribution in [-0.2, 0) is 10.8 Å². The number of benzene rings is 1. The van der Waals surface area contributed by atoms with Gasteiger partial charge in [-0.2, -0.15) is 0 Å². The van der Waals surface area contributed by atoms with Gasteiger partial charge in [0.25, 0.3) is 0 Å². The summed E-state index contributed by atoms with van der Waals surface area (Å²) in [5.41, 5.74) is 7.63. The molecule has 0 bridgehead atoms. The van der Waals surface area contributed by atoms with Crippen LogP contribution in [0.5, 0.6) is 5.75 Å². The van der Waals surface area contributed by atoms with Crippen molar-refractivity contribution in [2.75, 3.05) is 18.2 Å². The number of amidine groups is 1. The molecule has 3 N–H and O–H groups in total.